The van der Waals surface area contributed by atoms with E-state index in [4.69, 9.17) is 5.73 Å². The lowest BCUT2D eigenvalue weighted by Gasteiger charge is -2.04. The standard InChI is InChI=1S/C11H10N4O3S/c12-9-2-1-7(3-10(9)15(17)18)11(16)13-4-8-5-19-6-14-8/h1-3,5-6H,4,12H2,(H,13,16). The summed E-state index contributed by atoms with van der Waals surface area (Å²) in [5, 5.41) is 15.2. The van der Waals surface area contributed by atoms with Crippen molar-refractivity contribution < 1.29 is 9.72 Å². The predicted molar refractivity (Wildman–Crippen MR) is 70.8 cm³/mol. The van der Waals surface area contributed by atoms with Crippen molar-refractivity contribution in [1.29, 1.82) is 0 Å². The second kappa shape index (κ2) is 5.44. The van der Waals surface area contributed by atoms with Gasteiger partial charge in [-0.2, -0.15) is 0 Å². The fourth-order valence-electron chi connectivity index (χ4n) is 1.44. The molecule has 98 valence electrons. The van der Waals surface area contributed by atoms with Gasteiger partial charge < -0.3 is 11.1 Å². The summed E-state index contributed by atoms with van der Waals surface area (Å²) in [7, 11) is 0. The van der Waals surface area contributed by atoms with Gasteiger partial charge in [0.05, 0.1) is 22.7 Å². The van der Waals surface area contributed by atoms with Crippen LogP contribution in [0, 0.1) is 10.1 Å². The zero-order chi connectivity index (χ0) is 13.8. The molecular weight excluding hydrogens is 268 g/mol. The Morgan fingerprint density at radius 2 is 2.32 bits per heavy atom. The molecule has 0 saturated heterocycles. The van der Waals surface area contributed by atoms with Crippen molar-refractivity contribution in [2.45, 2.75) is 6.54 Å². The lowest BCUT2D eigenvalue weighted by atomic mass is 10.1. The van der Waals surface area contributed by atoms with E-state index in [0.717, 1.165) is 11.8 Å². The molecular formula is C11H10N4O3S. The number of carbonyl (C=O) groups excluding carboxylic acids is 1. The first-order chi connectivity index (χ1) is 9.08. The van der Waals surface area contributed by atoms with Crippen LogP contribution in [0.25, 0.3) is 0 Å². The van der Waals surface area contributed by atoms with Crippen molar-refractivity contribution in [2.75, 3.05) is 5.73 Å². The van der Waals surface area contributed by atoms with Crippen molar-refractivity contribution in [1.82, 2.24) is 10.3 Å². The number of carbonyl (C=O) groups is 1. The second-order valence-corrected chi connectivity index (χ2v) is 4.41. The predicted octanol–water partition coefficient (Wildman–Crippen LogP) is 1.56. The van der Waals surface area contributed by atoms with Crippen LogP contribution in [0.1, 0.15) is 16.1 Å². The number of benzene rings is 1. The summed E-state index contributed by atoms with van der Waals surface area (Å²) in [5.74, 6) is -0.406. The summed E-state index contributed by atoms with van der Waals surface area (Å²) in [6.07, 6.45) is 0. The minimum atomic E-state index is -0.619. The fraction of sp³-hybridized carbons (Fsp3) is 0.0909. The lowest BCUT2D eigenvalue weighted by Crippen LogP contribution is -2.23. The summed E-state index contributed by atoms with van der Waals surface area (Å²) in [5.41, 5.74) is 7.80. The van der Waals surface area contributed by atoms with Gasteiger partial charge in [0.2, 0.25) is 0 Å². The Hall–Kier alpha value is -2.48. The van der Waals surface area contributed by atoms with Crippen LogP contribution in [0.4, 0.5) is 11.4 Å². The van der Waals surface area contributed by atoms with Crippen LogP contribution in [0.3, 0.4) is 0 Å². The summed E-state index contributed by atoms with van der Waals surface area (Å²) in [4.78, 5) is 26.0. The number of hydrogen-bond acceptors (Lipinski definition) is 6. The highest BCUT2D eigenvalue weighted by Gasteiger charge is 2.15. The van der Waals surface area contributed by atoms with E-state index in [2.05, 4.69) is 10.3 Å². The molecule has 0 atom stereocenters. The fourth-order valence-corrected chi connectivity index (χ4v) is 2.00. The summed E-state index contributed by atoms with van der Waals surface area (Å²) in [6.45, 7) is 0.278. The molecule has 0 unspecified atom stereocenters. The summed E-state index contributed by atoms with van der Waals surface area (Å²) >= 11 is 1.43. The lowest BCUT2D eigenvalue weighted by molar-refractivity contribution is -0.383. The largest absolute Gasteiger partial charge is 0.393 e. The van der Waals surface area contributed by atoms with Crippen molar-refractivity contribution in [3.63, 3.8) is 0 Å². The molecule has 0 bridgehead atoms. The number of rotatable bonds is 4. The third-order valence-corrected chi connectivity index (χ3v) is 3.04. The molecule has 1 amide bonds. The van der Waals surface area contributed by atoms with E-state index >= 15 is 0 Å². The third kappa shape index (κ3) is 3.05. The van der Waals surface area contributed by atoms with Crippen LogP contribution in [-0.4, -0.2) is 15.8 Å². The van der Waals surface area contributed by atoms with Gasteiger partial charge in [-0.3, -0.25) is 14.9 Å². The van der Waals surface area contributed by atoms with Gasteiger partial charge in [0, 0.05) is 17.0 Å². The van der Waals surface area contributed by atoms with E-state index in [1.54, 1.807) is 5.51 Å². The molecule has 0 aliphatic rings. The quantitative estimate of drug-likeness (QED) is 0.501. The van der Waals surface area contributed by atoms with Crippen LogP contribution in [0.2, 0.25) is 0 Å². The molecule has 8 heteroatoms. The highest BCUT2D eigenvalue weighted by atomic mass is 32.1. The number of nitro groups is 1. The Morgan fingerprint density at radius 3 is 2.95 bits per heavy atom. The Kier molecular flexibility index (Phi) is 3.71. The third-order valence-electron chi connectivity index (χ3n) is 2.40. The van der Waals surface area contributed by atoms with Gasteiger partial charge in [-0.25, -0.2) is 4.98 Å². The molecule has 0 spiro atoms. The zero-order valence-corrected chi connectivity index (χ0v) is 10.5. The van der Waals surface area contributed by atoms with E-state index in [9.17, 15) is 14.9 Å². The van der Waals surface area contributed by atoms with Crippen molar-refractivity contribution in [3.8, 4) is 0 Å². The molecule has 19 heavy (non-hydrogen) atoms. The Labute approximate surface area is 112 Å². The molecule has 1 aromatic heterocycles. The maximum absolute atomic E-state index is 11.8. The minimum Gasteiger partial charge on any atom is -0.393 e. The van der Waals surface area contributed by atoms with Gasteiger partial charge in [-0.05, 0) is 12.1 Å². The number of nitrogen functional groups attached to an aromatic ring is 1. The number of anilines is 1. The first-order valence-electron chi connectivity index (χ1n) is 5.27. The molecule has 0 aliphatic heterocycles. The Bertz CT molecular complexity index is 612. The first kappa shape index (κ1) is 13.0. The van der Waals surface area contributed by atoms with E-state index in [-0.39, 0.29) is 23.5 Å². The van der Waals surface area contributed by atoms with E-state index < -0.39 is 10.8 Å². The molecule has 0 aliphatic carbocycles. The van der Waals surface area contributed by atoms with E-state index in [1.807, 2.05) is 5.38 Å². The SMILES string of the molecule is Nc1ccc(C(=O)NCc2cscn2)cc1[N+](=O)[O-]. The average molecular weight is 278 g/mol. The van der Waals surface area contributed by atoms with Gasteiger partial charge in [0.1, 0.15) is 5.69 Å². The summed E-state index contributed by atoms with van der Waals surface area (Å²) in [6, 6.07) is 3.94. The molecule has 2 rings (SSSR count). The van der Waals surface area contributed by atoms with Gasteiger partial charge in [0.15, 0.2) is 0 Å². The number of nitrogens with two attached hydrogens (primary N) is 1. The Balaban J connectivity index is 2.11. The normalized spacial score (nSPS) is 10.1. The van der Waals surface area contributed by atoms with Crippen LogP contribution in [-0.2, 0) is 6.54 Å². The topological polar surface area (TPSA) is 111 Å². The van der Waals surface area contributed by atoms with Gasteiger partial charge in [-0.15, -0.1) is 11.3 Å². The van der Waals surface area contributed by atoms with Gasteiger partial charge in [0.25, 0.3) is 11.6 Å². The monoisotopic (exact) mass is 278 g/mol. The maximum Gasteiger partial charge on any atom is 0.292 e. The molecule has 3 N–H and O–H groups in total. The highest BCUT2D eigenvalue weighted by molar-refractivity contribution is 7.07. The van der Waals surface area contributed by atoms with E-state index in [1.165, 1.54) is 23.5 Å². The number of nitro benzene ring substituents is 1. The molecule has 1 heterocycles. The maximum atomic E-state index is 11.8. The van der Waals surface area contributed by atoms with Crippen molar-refractivity contribution in [2.24, 2.45) is 0 Å². The smallest absolute Gasteiger partial charge is 0.292 e. The first-order valence-corrected chi connectivity index (χ1v) is 6.21. The Morgan fingerprint density at radius 1 is 1.53 bits per heavy atom. The number of amides is 1. The molecule has 0 fully saturated rings. The van der Waals surface area contributed by atoms with E-state index in [0.29, 0.717) is 0 Å². The number of aromatic nitrogens is 1. The second-order valence-electron chi connectivity index (χ2n) is 3.69. The zero-order valence-electron chi connectivity index (χ0n) is 9.70. The van der Waals surface area contributed by atoms with Gasteiger partial charge in [-0.1, -0.05) is 0 Å². The molecule has 7 nitrogen and oxygen atoms in total. The molecule has 0 saturated carbocycles. The van der Waals surface area contributed by atoms with Crippen molar-refractivity contribution >= 4 is 28.6 Å². The van der Waals surface area contributed by atoms with Crippen LogP contribution in [0.5, 0.6) is 0 Å². The highest BCUT2D eigenvalue weighted by Crippen LogP contribution is 2.22. The molecule has 0 radical (unpaired) electrons. The molecule has 1 aromatic carbocycles. The van der Waals surface area contributed by atoms with Crippen LogP contribution >= 0.6 is 11.3 Å². The van der Waals surface area contributed by atoms with Crippen molar-refractivity contribution in [3.05, 3.63) is 50.5 Å². The van der Waals surface area contributed by atoms with Gasteiger partial charge >= 0.3 is 0 Å². The number of hydrogen-bond donors (Lipinski definition) is 2. The number of thiazole rings is 1. The minimum absolute atomic E-state index is 0.0288. The molecule has 2 aromatic rings. The number of nitrogens with zero attached hydrogens (tertiary/aromatic N) is 2. The van der Waals surface area contributed by atoms with Crippen LogP contribution < -0.4 is 11.1 Å². The average Bonchev–Trinajstić information content (AvgIpc) is 2.89. The number of nitrogens with one attached hydrogen (secondary N) is 1. The van der Waals surface area contributed by atoms with Crippen LogP contribution in [0.15, 0.2) is 29.1 Å². The summed E-state index contributed by atoms with van der Waals surface area (Å²) < 4.78 is 0.